The van der Waals surface area contributed by atoms with Crippen molar-refractivity contribution in [2.24, 2.45) is 22.5 Å². The highest BCUT2D eigenvalue weighted by atomic mass is 16.7. The molecule has 10 nitrogen and oxygen atoms in total. The van der Waals surface area contributed by atoms with Crippen molar-refractivity contribution in [1.29, 1.82) is 0 Å². The molecule has 1 amide bonds. The van der Waals surface area contributed by atoms with E-state index in [2.05, 4.69) is 25.7 Å². The third kappa shape index (κ3) is 3.52. The van der Waals surface area contributed by atoms with Gasteiger partial charge in [0.1, 0.15) is 17.8 Å². The third-order valence-corrected chi connectivity index (χ3v) is 9.29. The van der Waals surface area contributed by atoms with Crippen LogP contribution in [0, 0.1) is 16.7 Å². The summed E-state index contributed by atoms with van der Waals surface area (Å²) in [7, 11) is 3.64. The van der Waals surface area contributed by atoms with E-state index in [9.17, 15) is 14.7 Å². The summed E-state index contributed by atoms with van der Waals surface area (Å²) in [6.07, 6.45) is -1.21. The first-order chi connectivity index (χ1) is 16.6. The lowest BCUT2D eigenvalue weighted by Crippen LogP contribution is -2.89. The molecule has 1 spiro atoms. The number of Topliss-reactive ketones (excluding diaryl/α,β-unsaturated/α-hetero) is 1. The van der Waals surface area contributed by atoms with Crippen LogP contribution in [0.4, 0.5) is 4.79 Å². The highest BCUT2D eigenvalue weighted by Gasteiger charge is 2.84. The van der Waals surface area contributed by atoms with Crippen molar-refractivity contribution in [1.82, 2.24) is 10.2 Å². The van der Waals surface area contributed by atoms with E-state index in [1.54, 1.807) is 24.8 Å². The number of carbonyl (C=O) groups excluding carboxylic acids is 2. The molecule has 10 heteroatoms. The number of nitrogens with two attached hydrogens (primary N) is 1. The zero-order valence-corrected chi connectivity index (χ0v) is 22.6. The van der Waals surface area contributed by atoms with Crippen molar-refractivity contribution in [3.63, 3.8) is 0 Å². The van der Waals surface area contributed by atoms with E-state index in [0.717, 1.165) is 6.42 Å². The van der Waals surface area contributed by atoms with Gasteiger partial charge in [-0.1, -0.05) is 26.8 Å². The van der Waals surface area contributed by atoms with Crippen LogP contribution in [0.5, 0.6) is 0 Å². The number of ketones is 1. The lowest BCUT2D eigenvalue weighted by Gasteiger charge is -2.74. The molecule has 0 aromatic rings. The standard InChI is InChI=1S/C26H43N3O7/c1-9-23(4)14-15(30)26-24(5)16(33-21(35-26)29(7)8)10-11-22(2,3)18(24)17(19(31)25(26,6)36-23)34-20(32)28-13-12-27/h9,16-19,21,31H,1,10-14,27H2,2-8H3,(H,28,32)/t16-,17-,18-,19-,21?,23-,24-,25+,26-/m0/s1. The van der Waals surface area contributed by atoms with E-state index in [1.807, 2.05) is 21.0 Å². The quantitative estimate of drug-likeness (QED) is 0.472. The summed E-state index contributed by atoms with van der Waals surface area (Å²) in [5, 5.41) is 14.7. The number of nitrogens with zero attached hydrogens (tertiary/aromatic N) is 1. The molecule has 2 heterocycles. The Bertz CT molecular complexity index is 927. The first kappa shape index (κ1) is 27.5. The van der Waals surface area contributed by atoms with Crippen molar-refractivity contribution < 1.29 is 33.6 Å². The minimum Gasteiger partial charge on any atom is -0.443 e. The SMILES string of the molecule is C=C[C@@]1(C)CC(=O)[C@@]23OC(N(C)C)O[C@H]4CCC(C)(C)[C@H]([C@H](OC(=O)NCCN)[C@H](O)[C@@]2(C)O1)[C@]43C. The van der Waals surface area contributed by atoms with Gasteiger partial charge in [0.2, 0.25) is 6.41 Å². The fourth-order valence-corrected chi connectivity index (χ4v) is 7.77. The van der Waals surface area contributed by atoms with Gasteiger partial charge in [-0.2, -0.15) is 0 Å². The molecule has 4 N–H and O–H groups in total. The Kier molecular flexibility index (Phi) is 6.67. The number of carbonyl (C=O) groups is 2. The van der Waals surface area contributed by atoms with Gasteiger partial charge in [-0.25, -0.2) is 4.79 Å². The minimum atomic E-state index is -1.57. The van der Waals surface area contributed by atoms with E-state index >= 15 is 0 Å². The Labute approximate surface area is 213 Å². The van der Waals surface area contributed by atoms with Crippen LogP contribution in [0.1, 0.15) is 53.9 Å². The molecular weight excluding hydrogens is 466 g/mol. The second-order valence-corrected chi connectivity index (χ2v) is 12.3. The molecule has 2 saturated carbocycles. The number of hydrogen-bond acceptors (Lipinski definition) is 9. The average Bonchev–Trinajstić information content (AvgIpc) is 2.78. The number of aliphatic hydroxyl groups excluding tert-OH is 1. The molecule has 4 fully saturated rings. The van der Waals surface area contributed by atoms with Gasteiger partial charge in [0, 0.05) is 30.8 Å². The number of rotatable bonds is 5. The number of hydrogen-bond donors (Lipinski definition) is 3. The van der Waals surface area contributed by atoms with Gasteiger partial charge >= 0.3 is 6.09 Å². The fourth-order valence-electron chi connectivity index (χ4n) is 7.77. The van der Waals surface area contributed by atoms with E-state index in [1.165, 1.54) is 0 Å². The predicted octanol–water partition coefficient (Wildman–Crippen LogP) is 1.55. The summed E-state index contributed by atoms with van der Waals surface area (Å²) in [6, 6.07) is 0. The average molecular weight is 510 g/mol. The van der Waals surface area contributed by atoms with Crippen LogP contribution in [-0.2, 0) is 23.7 Å². The summed E-state index contributed by atoms with van der Waals surface area (Å²) in [5.74, 6) is -0.645. The van der Waals surface area contributed by atoms with Crippen molar-refractivity contribution in [2.75, 3.05) is 27.2 Å². The van der Waals surface area contributed by atoms with Crippen LogP contribution < -0.4 is 11.1 Å². The first-order valence-corrected chi connectivity index (χ1v) is 12.8. The third-order valence-electron chi connectivity index (χ3n) is 9.29. The Hall–Kier alpha value is -1.56. The van der Waals surface area contributed by atoms with Crippen molar-refractivity contribution in [3.05, 3.63) is 12.7 Å². The molecule has 36 heavy (non-hydrogen) atoms. The zero-order valence-electron chi connectivity index (χ0n) is 22.6. The van der Waals surface area contributed by atoms with Crippen LogP contribution in [0.3, 0.4) is 0 Å². The molecule has 4 rings (SSSR count). The maximum absolute atomic E-state index is 14.4. The Morgan fingerprint density at radius 2 is 1.97 bits per heavy atom. The summed E-state index contributed by atoms with van der Waals surface area (Å²) in [5.41, 5.74) is -0.0165. The number of ether oxygens (including phenoxy) is 4. The topological polar surface area (TPSA) is 133 Å². The number of aliphatic hydroxyl groups is 1. The lowest BCUT2D eigenvalue weighted by atomic mass is 9.39. The fraction of sp³-hybridized carbons (Fsp3) is 0.846. The second kappa shape index (κ2) is 8.74. The molecule has 0 bridgehead atoms. The van der Waals surface area contributed by atoms with Crippen LogP contribution in [-0.4, -0.2) is 90.6 Å². The van der Waals surface area contributed by atoms with Gasteiger partial charge in [0.15, 0.2) is 11.4 Å². The molecule has 2 aliphatic heterocycles. The van der Waals surface area contributed by atoms with Crippen LogP contribution in [0.2, 0.25) is 0 Å². The molecule has 0 aromatic carbocycles. The van der Waals surface area contributed by atoms with Gasteiger partial charge in [-0.05, 0) is 46.2 Å². The highest BCUT2D eigenvalue weighted by Crippen LogP contribution is 2.70. The number of alkyl carbamates (subject to hydrolysis) is 1. The molecule has 204 valence electrons. The summed E-state index contributed by atoms with van der Waals surface area (Å²) in [4.78, 5) is 29.0. The van der Waals surface area contributed by atoms with E-state index in [4.69, 9.17) is 24.7 Å². The molecule has 1 unspecified atom stereocenters. The van der Waals surface area contributed by atoms with Crippen molar-refractivity contribution in [3.8, 4) is 0 Å². The normalized spacial score (nSPS) is 47.5. The summed E-state index contributed by atoms with van der Waals surface area (Å²) in [6.45, 7) is 14.0. The minimum absolute atomic E-state index is 0.0386. The number of nitrogens with one attached hydrogen (secondary N) is 1. The lowest BCUT2D eigenvalue weighted by molar-refractivity contribution is -0.456. The van der Waals surface area contributed by atoms with Crippen LogP contribution >= 0.6 is 0 Å². The van der Waals surface area contributed by atoms with Crippen molar-refractivity contribution in [2.45, 2.75) is 95.4 Å². The Morgan fingerprint density at radius 3 is 2.56 bits per heavy atom. The highest BCUT2D eigenvalue weighted by molar-refractivity contribution is 5.93. The summed E-state index contributed by atoms with van der Waals surface area (Å²) < 4.78 is 25.8. The van der Waals surface area contributed by atoms with E-state index in [-0.39, 0.29) is 25.3 Å². The summed E-state index contributed by atoms with van der Waals surface area (Å²) >= 11 is 0. The number of amides is 1. The van der Waals surface area contributed by atoms with Gasteiger partial charge in [0.05, 0.1) is 11.7 Å². The maximum Gasteiger partial charge on any atom is 0.407 e. The van der Waals surface area contributed by atoms with Gasteiger partial charge in [0.25, 0.3) is 0 Å². The van der Waals surface area contributed by atoms with E-state index < -0.39 is 64.4 Å². The zero-order chi connectivity index (χ0) is 26.9. The predicted molar refractivity (Wildman–Crippen MR) is 132 cm³/mol. The first-order valence-electron chi connectivity index (χ1n) is 12.8. The molecule has 9 atom stereocenters. The maximum atomic E-state index is 14.4. The second-order valence-electron chi connectivity index (χ2n) is 12.3. The van der Waals surface area contributed by atoms with E-state index in [0.29, 0.717) is 6.42 Å². The van der Waals surface area contributed by atoms with Gasteiger partial charge < -0.3 is 35.1 Å². The molecule has 0 radical (unpaired) electrons. The van der Waals surface area contributed by atoms with Crippen LogP contribution in [0.25, 0.3) is 0 Å². The molecular formula is C26H43N3O7. The smallest absolute Gasteiger partial charge is 0.407 e. The van der Waals surface area contributed by atoms with Crippen LogP contribution in [0.15, 0.2) is 12.7 Å². The monoisotopic (exact) mass is 509 g/mol. The molecule has 0 aromatic heterocycles. The Balaban J connectivity index is 1.96. The van der Waals surface area contributed by atoms with Crippen molar-refractivity contribution >= 4 is 11.9 Å². The molecule has 2 aliphatic carbocycles. The molecule has 4 aliphatic rings. The molecule has 2 saturated heterocycles. The van der Waals surface area contributed by atoms with Gasteiger partial charge in [-0.3, -0.25) is 9.69 Å². The largest absolute Gasteiger partial charge is 0.443 e. The van der Waals surface area contributed by atoms with Gasteiger partial charge in [-0.15, -0.1) is 6.58 Å². The Morgan fingerprint density at radius 1 is 1.31 bits per heavy atom.